The molecule has 1 unspecified atom stereocenters. The number of alkyl halides is 1. The molecule has 0 aliphatic carbocycles. The van der Waals surface area contributed by atoms with Crippen molar-refractivity contribution in [2.75, 3.05) is 11.9 Å². The lowest BCUT2D eigenvalue weighted by molar-refractivity contribution is -0.156. The van der Waals surface area contributed by atoms with Crippen LogP contribution < -0.4 is 0 Å². The van der Waals surface area contributed by atoms with Gasteiger partial charge in [0.05, 0.1) is 0 Å². The van der Waals surface area contributed by atoms with Crippen molar-refractivity contribution in [1.29, 1.82) is 0 Å². The highest BCUT2D eigenvalue weighted by molar-refractivity contribution is 9.09. The third-order valence-electron chi connectivity index (χ3n) is 1.46. The summed E-state index contributed by atoms with van der Waals surface area (Å²) < 4.78 is 9.74. The Morgan fingerprint density at radius 1 is 1.29 bits per heavy atom. The van der Waals surface area contributed by atoms with Crippen molar-refractivity contribution < 1.29 is 19.1 Å². The van der Waals surface area contributed by atoms with Crippen molar-refractivity contribution in [2.24, 2.45) is 0 Å². The van der Waals surface area contributed by atoms with Gasteiger partial charge in [-0.2, -0.15) is 0 Å². The van der Waals surface area contributed by atoms with Gasteiger partial charge in [-0.05, 0) is 12.8 Å². The molecule has 0 heterocycles. The van der Waals surface area contributed by atoms with Crippen LogP contribution in [0.4, 0.5) is 0 Å². The molecule has 4 nitrogen and oxygen atoms in total. The minimum atomic E-state index is -0.360. The summed E-state index contributed by atoms with van der Waals surface area (Å²) in [6, 6.07) is 0. The molecular formula is C9H15BrO4. The molecule has 5 heteroatoms. The topological polar surface area (TPSA) is 52.6 Å². The van der Waals surface area contributed by atoms with Crippen LogP contribution in [0.15, 0.2) is 0 Å². The Kier molecular flexibility index (Phi) is 7.47. The van der Waals surface area contributed by atoms with Crippen molar-refractivity contribution in [3.63, 3.8) is 0 Å². The lowest BCUT2D eigenvalue weighted by atomic mass is 10.2. The average Bonchev–Trinajstić information content (AvgIpc) is 2.09. The first-order valence-electron chi connectivity index (χ1n) is 4.42. The number of carbonyl (C=O) groups is 2. The number of hydrogen-bond acceptors (Lipinski definition) is 4. The second-order valence-electron chi connectivity index (χ2n) is 2.87. The standard InChI is InChI=1S/C9H15BrO4/c1-7(11)13-6-9(4-3-5-10)14-8(2)12/h9H,3-6H2,1-2H3. The van der Waals surface area contributed by atoms with Crippen LogP contribution in [0.2, 0.25) is 0 Å². The zero-order valence-corrected chi connectivity index (χ0v) is 10.0. The maximum atomic E-state index is 10.7. The van der Waals surface area contributed by atoms with Gasteiger partial charge in [0.15, 0.2) is 0 Å². The molecule has 0 amide bonds. The molecule has 14 heavy (non-hydrogen) atoms. The number of esters is 2. The van der Waals surface area contributed by atoms with Crippen LogP contribution >= 0.6 is 15.9 Å². The monoisotopic (exact) mass is 266 g/mol. The van der Waals surface area contributed by atoms with Gasteiger partial charge in [-0.3, -0.25) is 9.59 Å². The van der Waals surface area contributed by atoms with E-state index >= 15 is 0 Å². The second-order valence-corrected chi connectivity index (χ2v) is 3.66. The van der Waals surface area contributed by atoms with Crippen molar-refractivity contribution in [1.82, 2.24) is 0 Å². The van der Waals surface area contributed by atoms with Crippen molar-refractivity contribution >= 4 is 27.9 Å². The van der Waals surface area contributed by atoms with Gasteiger partial charge in [-0.1, -0.05) is 15.9 Å². The number of ether oxygens (including phenoxy) is 2. The SMILES string of the molecule is CC(=O)OCC(CCCBr)OC(C)=O. The maximum Gasteiger partial charge on any atom is 0.303 e. The second kappa shape index (κ2) is 7.79. The number of halogens is 1. The molecule has 0 aliphatic heterocycles. The van der Waals surface area contributed by atoms with E-state index in [2.05, 4.69) is 15.9 Å². The summed E-state index contributed by atoms with van der Waals surface area (Å²) in [5.74, 6) is -0.710. The summed E-state index contributed by atoms with van der Waals surface area (Å²) in [5, 5.41) is 0.838. The predicted molar refractivity (Wildman–Crippen MR) is 55.2 cm³/mol. The molecule has 0 aromatic carbocycles. The van der Waals surface area contributed by atoms with E-state index in [0.717, 1.165) is 11.8 Å². The van der Waals surface area contributed by atoms with Gasteiger partial charge >= 0.3 is 11.9 Å². The van der Waals surface area contributed by atoms with Gasteiger partial charge in [0.1, 0.15) is 12.7 Å². The summed E-state index contributed by atoms with van der Waals surface area (Å²) >= 11 is 3.28. The molecule has 0 N–H and O–H groups in total. The molecular weight excluding hydrogens is 252 g/mol. The molecule has 0 spiro atoms. The smallest absolute Gasteiger partial charge is 0.303 e. The maximum absolute atomic E-state index is 10.7. The Morgan fingerprint density at radius 3 is 2.36 bits per heavy atom. The Bertz CT molecular complexity index is 193. The van der Waals surface area contributed by atoms with E-state index in [1.807, 2.05) is 0 Å². The molecule has 0 aromatic rings. The molecule has 0 aliphatic rings. The molecule has 0 aromatic heterocycles. The summed E-state index contributed by atoms with van der Waals surface area (Å²) in [6.07, 6.45) is 1.24. The molecule has 0 saturated heterocycles. The normalized spacial score (nSPS) is 11.9. The van der Waals surface area contributed by atoms with Crippen LogP contribution in [-0.4, -0.2) is 30.0 Å². The lowest BCUT2D eigenvalue weighted by Gasteiger charge is -2.15. The molecule has 0 fully saturated rings. The van der Waals surface area contributed by atoms with Crippen LogP contribution in [0.3, 0.4) is 0 Å². The van der Waals surface area contributed by atoms with Crippen LogP contribution in [0.5, 0.6) is 0 Å². The van der Waals surface area contributed by atoms with Gasteiger partial charge in [-0.25, -0.2) is 0 Å². The fourth-order valence-electron chi connectivity index (χ4n) is 0.926. The first-order chi connectivity index (χ1) is 6.56. The quantitative estimate of drug-likeness (QED) is 0.542. The molecule has 0 saturated carbocycles. The molecule has 0 radical (unpaired) electrons. The minimum Gasteiger partial charge on any atom is -0.462 e. The fourth-order valence-corrected chi connectivity index (χ4v) is 1.25. The van der Waals surface area contributed by atoms with Crippen LogP contribution in [0.1, 0.15) is 26.7 Å². The fraction of sp³-hybridized carbons (Fsp3) is 0.778. The lowest BCUT2D eigenvalue weighted by Crippen LogP contribution is -2.23. The first-order valence-corrected chi connectivity index (χ1v) is 5.55. The Balaban J connectivity index is 3.83. The van der Waals surface area contributed by atoms with E-state index in [0.29, 0.717) is 6.42 Å². The van der Waals surface area contributed by atoms with E-state index in [1.165, 1.54) is 13.8 Å². The van der Waals surface area contributed by atoms with Crippen LogP contribution in [-0.2, 0) is 19.1 Å². The highest BCUT2D eigenvalue weighted by atomic mass is 79.9. The highest BCUT2D eigenvalue weighted by Crippen LogP contribution is 2.05. The summed E-state index contributed by atoms with van der Waals surface area (Å²) in [4.78, 5) is 21.2. The highest BCUT2D eigenvalue weighted by Gasteiger charge is 2.12. The number of carbonyl (C=O) groups excluding carboxylic acids is 2. The van der Waals surface area contributed by atoms with Crippen LogP contribution in [0, 0.1) is 0 Å². The van der Waals surface area contributed by atoms with E-state index in [1.54, 1.807) is 0 Å². The molecule has 82 valence electrons. The number of rotatable bonds is 6. The Morgan fingerprint density at radius 2 is 1.93 bits per heavy atom. The minimum absolute atomic E-state index is 0.141. The number of hydrogen-bond donors (Lipinski definition) is 0. The average molecular weight is 267 g/mol. The van der Waals surface area contributed by atoms with Crippen molar-refractivity contribution in [3.05, 3.63) is 0 Å². The molecule has 0 bridgehead atoms. The third kappa shape index (κ3) is 8.04. The van der Waals surface area contributed by atoms with Gasteiger partial charge in [0, 0.05) is 19.2 Å². The zero-order valence-electron chi connectivity index (χ0n) is 8.42. The van der Waals surface area contributed by atoms with E-state index in [-0.39, 0.29) is 24.6 Å². The summed E-state index contributed by atoms with van der Waals surface area (Å²) in [7, 11) is 0. The summed E-state index contributed by atoms with van der Waals surface area (Å²) in [5.41, 5.74) is 0. The first kappa shape index (κ1) is 13.4. The van der Waals surface area contributed by atoms with Gasteiger partial charge in [0.25, 0.3) is 0 Å². The van der Waals surface area contributed by atoms with Gasteiger partial charge in [0.2, 0.25) is 0 Å². The van der Waals surface area contributed by atoms with Gasteiger partial charge < -0.3 is 9.47 Å². The van der Waals surface area contributed by atoms with E-state index in [4.69, 9.17) is 9.47 Å². The Labute approximate surface area is 92.1 Å². The largest absolute Gasteiger partial charge is 0.462 e. The van der Waals surface area contributed by atoms with Crippen molar-refractivity contribution in [2.45, 2.75) is 32.8 Å². The molecule has 1 atom stereocenters. The van der Waals surface area contributed by atoms with Crippen LogP contribution in [0.25, 0.3) is 0 Å². The Hall–Kier alpha value is -0.580. The van der Waals surface area contributed by atoms with Gasteiger partial charge in [-0.15, -0.1) is 0 Å². The van der Waals surface area contributed by atoms with Crippen molar-refractivity contribution in [3.8, 4) is 0 Å². The summed E-state index contributed by atoms with van der Waals surface area (Å²) in [6.45, 7) is 2.81. The zero-order chi connectivity index (χ0) is 11.0. The van der Waals surface area contributed by atoms with E-state index in [9.17, 15) is 9.59 Å². The van der Waals surface area contributed by atoms with E-state index < -0.39 is 0 Å². The third-order valence-corrected chi connectivity index (χ3v) is 2.03. The molecule has 0 rings (SSSR count). The predicted octanol–water partition coefficient (Wildman–Crippen LogP) is 1.66.